The quantitative estimate of drug-likeness (QED) is 0.214. The Morgan fingerprint density at radius 3 is 2.29 bits per heavy atom. The van der Waals surface area contributed by atoms with Crippen LogP contribution in [0, 0.1) is 17.8 Å². The second kappa shape index (κ2) is 15.3. The minimum absolute atomic E-state index is 0.146. The van der Waals surface area contributed by atoms with Crippen LogP contribution in [0.3, 0.4) is 0 Å². The van der Waals surface area contributed by atoms with Crippen LogP contribution in [0.25, 0.3) is 0 Å². The van der Waals surface area contributed by atoms with Gasteiger partial charge in [0.05, 0.1) is 37.4 Å². The molecule has 0 bridgehead atoms. The number of hydrogen-bond donors (Lipinski definition) is 3. The summed E-state index contributed by atoms with van der Waals surface area (Å²) in [6, 6.07) is 5.55. The lowest BCUT2D eigenvalue weighted by molar-refractivity contribution is -0.143. The van der Waals surface area contributed by atoms with Gasteiger partial charge in [0.25, 0.3) is 0 Å². The molecule has 0 amide bonds. The van der Waals surface area contributed by atoms with Gasteiger partial charge in [-0.05, 0) is 69.6 Å². The van der Waals surface area contributed by atoms with Gasteiger partial charge in [-0.1, -0.05) is 26.8 Å². The van der Waals surface area contributed by atoms with Gasteiger partial charge in [-0.15, -0.1) is 0 Å². The smallest absolute Gasteiger partial charge is 0.306 e. The molecule has 202 valence electrons. The number of aliphatic carboxylic acids is 1. The summed E-state index contributed by atoms with van der Waals surface area (Å²) in [6.45, 7) is 12.9. The highest BCUT2D eigenvalue weighted by atomic mass is 16.7. The standard InChI is InChI=1S/C27H47NO7/c1-18(2)21(15-20-10-11-24(33-8)25(16-20)34-13-9-12-32-7)17-22(28-35-27(4,5)6)23(29)14-19(3)26(30)31/h10-11,16,18-19,21-23,28-29H,9,12-15,17H2,1-8H3,(H,30,31). The third kappa shape index (κ3) is 12.1. The molecule has 1 rings (SSSR count). The highest BCUT2D eigenvalue weighted by molar-refractivity contribution is 5.69. The number of aliphatic hydroxyl groups excluding tert-OH is 1. The van der Waals surface area contributed by atoms with Crippen molar-refractivity contribution in [3.05, 3.63) is 23.8 Å². The summed E-state index contributed by atoms with van der Waals surface area (Å²) >= 11 is 0. The molecule has 0 aliphatic rings. The van der Waals surface area contributed by atoms with Crippen molar-refractivity contribution in [3.63, 3.8) is 0 Å². The fraction of sp³-hybridized carbons (Fsp3) is 0.741. The number of rotatable bonds is 17. The van der Waals surface area contributed by atoms with Crippen molar-refractivity contribution >= 4 is 5.97 Å². The van der Waals surface area contributed by atoms with Gasteiger partial charge in [-0.3, -0.25) is 9.63 Å². The summed E-state index contributed by atoms with van der Waals surface area (Å²) in [5.41, 5.74) is 3.70. The minimum Gasteiger partial charge on any atom is -0.493 e. The normalized spacial score (nSPS) is 15.5. The molecule has 0 saturated carbocycles. The number of carbonyl (C=O) groups is 1. The van der Waals surface area contributed by atoms with E-state index in [0.29, 0.717) is 37.1 Å². The van der Waals surface area contributed by atoms with Gasteiger partial charge in [0, 0.05) is 20.1 Å². The Balaban J connectivity index is 3.03. The molecule has 0 aliphatic carbocycles. The Hall–Kier alpha value is -1.87. The molecule has 3 N–H and O–H groups in total. The lowest BCUT2D eigenvalue weighted by atomic mass is 9.82. The molecule has 35 heavy (non-hydrogen) atoms. The molecule has 0 heterocycles. The van der Waals surface area contributed by atoms with Gasteiger partial charge < -0.3 is 24.4 Å². The Morgan fingerprint density at radius 1 is 1.06 bits per heavy atom. The van der Waals surface area contributed by atoms with Crippen LogP contribution in [0.1, 0.15) is 66.4 Å². The maximum Gasteiger partial charge on any atom is 0.306 e. The summed E-state index contributed by atoms with van der Waals surface area (Å²) in [4.78, 5) is 17.1. The van der Waals surface area contributed by atoms with Crippen molar-refractivity contribution in [2.24, 2.45) is 17.8 Å². The first-order valence-corrected chi connectivity index (χ1v) is 12.5. The van der Waals surface area contributed by atoms with Gasteiger partial charge in [0.2, 0.25) is 0 Å². The van der Waals surface area contributed by atoms with Crippen LogP contribution in [-0.2, 0) is 20.8 Å². The molecule has 0 fully saturated rings. The number of carboxylic acid groups (broad SMARTS) is 1. The Labute approximate surface area is 211 Å². The average molecular weight is 498 g/mol. The van der Waals surface area contributed by atoms with E-state index in [-0.39, 0.29) is 12.3 Å². The number of benzene rings is 1. The fourth-order valence-electron chi connectivity index (χ4n) is 3.73. The molecule has 0 radical (unpaired) electrons. The lowest BCUT2D eigenvalue weighted by Gasteiger charge is -2.33. The van der Waals surface area contributed by atoms with E-state index in [4.69, 9.17) is 19.0 Å². The number of aliphatic hydroxyl groups is 1. The SMILES string of the molecule is COCCCOc1cc(CC(CC(NOC(C)(C)C)C(O)CC(C)C(=O)O)C(C)C)ccc1OC. The van der Waals surface area contributed by atoms with Gasteiger partial charge in [-0.25, -0.2) is 0 Å². The molecular weight excluding hydrogens is 450 g/mol. The van der Waals surface area contributed by atoms with Crippen LogP contribution in [0.4, 0.5) is 0 Å². The van der Waals surface area contributed by atoms with E-state index < -0.39 is 29.6 Å². The number of ether oxygens (including phenoxy) is 3. The molecule has 4 atom stereocenters. The largest absolute Gasteiger partial charge is 0.493 e. The first kappa shape index (κ1) is 31.2. The van der Waals surface area contributed by atoms with Crippen molar-refractivity contribution < 1.29 is 34.1 Å². The Morgan fingerprint density at radius 2 is 1.74 bits per heavy atom. The summed E-state index contributed by atoms with van der Waals surface area (Å²) in [7, 11) is 3.29. The zero-order chi connectivity index (χ0) is 26.6. The van der Waals surface area contributed by atoms with Crippen LogP contribution in [-0.4, -0.2) is 61.4 Å². The zero-order valence-electron chi connectivity index (χ0n) is 22.8. The summed E-state index contributed by atoms with van der Waals surface area (Å²) in [6.07, 6.45) is 1.46. The van der Waals surface area contributed by atoms with Crippen LogP contribution in [0.5, 0.6) is 11.5 Å². The van der Waals surface area contributed by atoms with E-state index in [1.54, 1.807) is 21.1 Å². The number of methoxy groups -OCH3 is 2. The number of nitrogens with one attached hydrogen (secondary N) is 1. The van der Waals surface area contributed by atoms with Crippen LogP contribution < -0.4 is 15.0 Å². The van der Waals surface area contributed by atoms with E-state index in [1.165, 1.54) is 0 Å². The minimum atomic E-state index is -0.920. The number of hydrogen-bond acceptors (Lipinski definition) is 7. The van der Waals surface area contributed by atoms with Crippen molar-refractivity contribution in [2.45, 2.75) is 85.0 Å². The summed E-state index contributed by atoms with van der Waals surface area (Å²) < 4.78 is 16.5. The fourth-order valence-corrected chi connectivity index (χ4v) is 3.73. The third-order valence-corrected chi connectivity index (χ3v) is 5.97. The number of hydroxylamine groups is 1. The van der Waals surface area contributed by atoms with E-state index in [2.05, 4.69) is 19.3 Å². The molecule has 1 aromatic carbocycles. The average Bonchev–Trinajstić information content (AvgIpc) is 2.77. The molecule has 4 unspecified atom stereocenters. The molecule has 8 heteroatoms. The topological polar surface area (TPSA) is 106 Å². The van der Waals surface area contributed by atoms with Crippen LogP contribution in [0.2, 0.25) is 0 Å². The number of carboxylic acids is 1. The van der Waals surface area contributed by atoms with Crippen molar-refractivity contribution in [3.8, 4) is 11.5 Å². The van der Waals surface area contributed by atoms with Gasteiger partial charge in [-0.2, -0.15) is 5.48 Å². The van der Waals surface area contributed by atoms with Gasteiger partial charge in [0.1, 0.15) is 0 Å². The molecule has 1 aromatic rings. The predicted molar refractivity (Wildman–Crippen MR) is 137 cm³/mol. The van der Waals surface area contributed by atoms with Crippen molar-refractivity contribution in [1.29, 1.82) is 0 Å². The zero-order valence-corrected chi connectivity index (χ0v) is 22.8. The highest BCUT2D eigenvalue weighted by Crippen LogP contribution is 2.32. The second-order valence-electron chi connectivity index (χ2n) is 10.6. The molecule has 8 nitrogen and oxygen atoms in total. The highest BCUT2D eigenvalue weighted by Gasteiger charge is 2.29. The van der Waals surface area contributed by atoms with Crippen LogP contribution >= 0.6 is 0 Å². The van der Waals surface area contributed by atoms with E-state index in [1.807, 2.05) is 39.0 Å². The van der Waals surface area contributed by atoms with Gasteiger partial charge in [0.15, 0.2) is 11.5 Å². The Bertz CT molecular complexity index is 748. The van der Waals surface area contributed by atoms with Crippen molar-refractivity contribution in [1.82, 2.24) is 5.48 Å². The molecule has 0 aliphatic heterocycles. The molecule has 0 saturated heterocycles. The van der Waals surface area contributed by atoms with Gasteiger partial charge >= 0.3 is 5.97 Å². The van der Waals surface area contributed by atoms with E-state index in [9.17, 15) is 15.0 Å². The second-order valence-corrected chi connectivity index (χ2v) is 10.6. The van der Waals surface area contributed by atoms with Crippen molar-refractivity contribution in [2.75, 3.05) is 27.4 Å². The maximum atomic E-state index is 11.3. The Kier molecular flexibility index (Phi) is 13.6. The maximum absolute atomic E-state index is 11.3. The van der Waals surface area contributed by atoms with E-state index in [0.717, 1.165) is 18.4 Å². The predicted octanol–water partition coefficient (Wildman–Crippen LogP) is 4.48. The van der Waals surface area contributed by atoms with E-state index >= 15 is 0 Å². The molecular formula is C27H47NO7. The van der Waals surface area contributed by atoms with Crippen LogP contribution in [0.15, 0.2) is 18.2 Å². The summed E-state index contributed by atoms with van der Waals surface area (Å²) in [5, 5.41) is 20.2. The first-order chi connectivity index (χ1) is 16.4. The summed E-state index contributed by atoms with van der Waals surface area (Å²) in [5.74, 6) is 0.344. The molecule has 0 aromatic heterocycles. The lowest BCUT2D eigenvalue weighted by Crippen LogP contribution is -2.46. The molecule has 0 spiro atoms. The monoisotopic (exact) mass is 497 g/mol. The first-order valence-electron chi connectivity index (χ1n) is 12.5. The third-order valence-electron chi connectivity index (χ3n) is 5.97.